The van der Waals surface area contributed by atoms with E-state index in [4.69, 9.17) is 19.2 Å². The van der Waals surface area contributed by atoms with Gasteiger partial charge in [-0.05, 0) is 58.1 Å². The van der Waals surface area contributed by atoms with Crippen LogP contribution in [-0.4, -0.2) is 24.3 Å². The molecule has 0 amide bonds. The third kappa shape index (κ3) is 6.65. The van der Waals surface area contributed by atoms with Gasteiger partial charge in [0.15, 0.2) is 0 Å². The van der Waals surface area contributed by atoms with Crippen LogP contribution in [0.2, 0.25) is 0 Å². The van der Waals surface area contributed by atoms with Crippen LogP contribution >= 0.6 is 0 Å². The Bertz CT molecular complexity index is 1420. The van der Waals surface area contributed by atoms with Gasteiger partial charge in [-0.3, -0.25) is 4.98 Å². The number of ether oxygens (including phenoxy) is 3. The Hall–Kier alpha value is -4.45. The van der Waals surface area contributed by atoms with Gasteiger partial charge >= 0.3 is 0 Å². The zero-order valence-corrected chi connectivity index (χ0v) is 24.1. The summed E-state index contributed by atoms with van der Waals surface area (Å²) in [5.41, 5.74) is 5.76. The number of hydrogen-bond acceptors (Lipinski definition) is 5. The first-order valence-electron chi connectivity index (χ1n) is 13.8. The van der Waals surface area contributed by atoms with Crippen molar-refractivity contribution in [1.29, 1.82) is 0 Å². The van der Waals surface area contributed by atoms with E-state index in [1.54, 1.807) is 14.2 Å². The Morgan fingerprint density at radius 3 is 1.59 bits per heavy atom. The Morgan fingerprint density at radius 2 is 1.12 bits per heavy atom. The van der Waals surface area contributed by atoms with Gasteiger partial charge in [-0.1, -0.05) is 98.8 Å². The molecule has 5 aromatic rings. The minimum Gasteiger partial charge on any atom is -0.497 e. The molecule has 0 unspecified atom stereocenters. The second kappa shape index (κ2) is 14.3. The lowest BCUT2D eigenvalue weighted by atomic mass is 9.80. The van der Waals surface area contributed by atoms with Crippen LogP contribution in [0.5, 0.6) is 11.5 Å². The molecule has 5 nitrogen and oxygen atoms in total. The predicted molar refractivity (Wildman–Crippen MR) is 164 cm³/mol. The van der Waals surface area contributed by atoms with Crippen molar-refractivity contribution in [3.63, 3.8) is 0 Å². The smallest absolute Gasteiger partial charge is 0.144 e. The fourth-order valence-corrected chi connectivity index (χ4v) is 4.73. The molecule has 1 N–H and O–H groups in total. The van der Waals surface area contributed by atoms with Crippen molar-refractivity contribution in [2.24, 2.45) is 0 Å². The monoisotopic (exact) mass is 547 g/mol. The zero-order valence-electron chi connectivity index (χ0n) is 24.1. The highest BCUT2D eigenvalue weighted by Crippen LogP contribution is 2.42. The summed E-state index contributed by atoms with van der Waals surface area (Å²) in [4.78, 5) is 4.69. The first-order valence-corrected chi connectivity index (χ1v) is 13.8. The molecule has 1 heterocycles. The van der Waals surface area contributed by atoms with Gasteiger partial charge in [0, 0.05) is 11.8 Å². The van der Waals surface area contributed by atoms with E-state index in [1.807, 2.05) is 123 Å². The summed E-state index contributed by atoms with van der Waals surface area (Å²) in [5, 5.41) is 9.32. The van der Waals surface area contributed by atoms with Gasteiger partial charge in [-0.2, -0.15) is 0 Å². The molecular weight excluding hydrogens is 510 g/mol. The molecule has 0 bridgehead atoms. The predicted octanol–water partition coefficient (Wildman–Crippen LogP) is 7.79. The number of aliphatic hydroxyl groups is 1. The Morgan fingerprint density at radius 1 is 0.610 bits per heavy atom. The average molecular weight is 548 g/mol. The molecule has 0 aliphatic rings. The lowest BCUT2D eigenvalue weighted by Crippen LogP contribution is -2.32. The van der Waals surface area contributed by atoms with Crippen molar-refractivity contribution in [1.82, 2.24) is 4.98 Å². The molecule has 1 aromatic heterocycles. The van der Waals surface area contributed by atoms with E-state index in [0.29, 0.717) is 6.61 Å². The molecule has 0 atom stereocenters. The van der Waals surface area contributed by atoms with E-state index >= 15 is 0 Å². The second-order valence-electron chi connectivity index (χ2n) is 9.20. The largest absolute Gasteiger partial charge is 0.497 e. The van der Waals surface area contributed by atoms with Gasteiger partial charge in [0.2, 0.25) is 0 Å². The van der Waals surface area contributed by atoms with Crippen molar-refractivity contribution in [3.05, 3.63) is 149 Å². The van der Waals surface area contributed by atoms with E-state index in [1.165, 1.54) is 0 Å². The molecule has 5 heteroatoms. The molecule has 0 aliphatic carbocycles. The van der Waals surface area contributed by atoms with Crippen molar-refractivity contribution in [2.75, 3.05) is 14.2 Å². The van der Waals surface area contributed by atoms with Gasteiger partial charge < -0.3 is 19.3 Å². The summed E-state index contributed by atoms with van der Waals surface area (Å²) in [6.45, 7) is 4.36. The third-order valence-electron chi connectivity index (χ3n) is 6.89. The molecule has 41 heavy (non-hydrogen) atoms. The number of pyridine rings is 1. The van der Waals surface area contributed by atoms with Crippen LogP contribution < -0.4 is 9.47 Å². The number of methoxy groups -OCH3 is 2. The van der Waals surface area contributed by atoms with E-state index in [9.17, 15) is 5.11 Å². The van der Waals surface area contributed by atoms with Crippen LogP contribution in [-0.2, 0) is 23.6 Å². The third-order valence-corrected chi connectivity index (χ3v) is 6.89. The SMILES string of the molecule is CC.COc1ccc(C(OCc2ccc(-c3ccc(CO)cc3)nc2)(c2ccccc2)c2ccc(OC)cc2)cc1. The average Bonchev–Trinajstić information content (AvgIpc) is 3.07. The van der Waals surface area contributed by atoms with Crippen molar-refractivity contribution < 1.29 is 19.3 Å². The fourth-order valence-electron chi connectivity index (χ4n) is 4.73. The molecule has 0 saturated carbocycles. The summed E-state index contributed by atoms with van der Waals surface area (Å²) >= 11 is 0. The maximum atomic E-state index is 9.32. The Labute approximate surface area is 243 Å². The first-order chi connectivity index (χ1) is 20.2. The van der Waals surface area contributed by atoms with E-state index in [-0.39, 0.29) is 6.61 Å². The molecule has 0 spiro atoms. The quantitative estimate of drug-likeness (QED) is 0.181. The summed E-state index contributed by atoms with van der Waals surface area (Å²) in [5.74, 6) is 1.56. The van der Waals surface area contributed by atoms with Crippen LogP contribution in [0.25, 0.3) is 11.3 Å². The topological polar surface area (TPSA) is 60.8 Å². The lowest BCUT2D eigenvalue weighted by molar-refractivity contribution is 0.0000785. The second-order valence-corrected chi connectivity index (χ2v) is 9.20. The molecule has 0 aliphatic heterocycles. The van der Waals surface area contributed by atoms with Crippen LogP contribution in [0.1, 0.15) is 41.7 Å². The molecule has 0 radical (unpaired) electrons. The van der Waals surface area contributed by atoms with E-state index in [0.717, 1.165) is 50.6 Å². The highest BCUT2D eigenvalue weighted by molar-refractivity contribution is 5.59. The Kier molecular flexibility index (Phi) is 10.3. The molecular formula is C36H37NO4. The summed E-state index contributed by atoms with van der Waals surface area (Å²) in [7, 11) is 3.33. The fraction of sp³-hybridized carbons (Fsp3) is 0.194. The maximum Gasteiger partial charge on any atom is 0.144 e. The van der Waals surface area contributed by atoms with Gasteiger partial charge in [0.1, 0.15) is 17.1 Å². The van der Waals surface area contributed by atoms with Crippen LogP contribution in [0.4, 0.5) is 0 Å². The molecule has 210 valence electrons. The summed E-state index contributed by atoms with van der Waals surface area (Å²) in [6.07, 6.45) is 1.85. The highest BCUT2D eigenvalue weighted by atomic mass is 16.5. The number of benzene rings is 4. The molecule has 0 fully saturated rings. The first kappa shape index (κ1) is 29.5. The van der Waals surface area contributed by atoms with Crippen molar-refractivity contribution >= 4 is 0 Å². The molecule has 5 rings (SSSR count). The normalized spacial score (nSPS) is 10.9. The van der Waals surface area contributed by atoms with Gasteiger partial charge in [-0.25, -0.2) is 0 Å². The highest BCUT2D eigenvalue weighted by Gasteiger charge is 2.38. The van der Waals surface area contributed by atoms with Gasteiger partial charge in [0.25, 0.3) is 0 Å². The van der Waals surface area contributed by atoms with Crippen molar-refractivity contribution in [3.8, 4) is 22.8 Å². The van der Waals surface area contributed by atoms with Crippen LogP contribution in [0.3, 0.4) is 0 Å². The lowest BCUT2D eigenvalue weighted by Gasteiger charge is -2.36. The summed E-state index contributed by atoms with van der Waals surface area (Å²) in [6, 6.07) is 38.1. The van der Waals surface area contributed by atoms with Crippen molar-refractivity contribution in [2.45, 2.75) is 32.7 Å². The number of rotatable bonds is 10. The summed E-state index contributed by atoms with van der Waals surface area (Å²) < 4.78 is 17.8. The number of hydrogen-bond donors (Lipinski definition) is 1. The zero-order chi connectivity index (χ0) is 29.1. The van der Waals surface area contributed by atoms with E-state index < -0.39 is 5.60 Å². The maximum absolute atomic E-state index is 9.32. The number of aromatic nitrogens is 1. The molecule has 0 saturated heterocycles. The Balaban J connectivity index is 0.00000189. The van der Waals surface area contributed by atoms with Gasteiger partial charge in [0.05, 0.1) is 33.1 Å². The van der Waals surface area contributed by atoms with Gasteiger partial charge in [-0.15, -0.1) is 0 Å². The van der Waals surface area contributed by atoms with Crippen LogP contribution in [0.15, 0.2) is 121 Å². The standard InChI is InChI=1S/C34H31NO4.C2H6/c1-37-31-17-13-29(14-18-31)34(28-6-4-3-5-7-28,30-15-19-32(38-2)20-16-30)39-24-26-10-21-33(35-22-26)27-11-8-25(23-36)9-12-27;1-2/h3-22,36H,23-24H2,1-2H3;1-2H3. The van der Waals surface area contributed by atoms with Crippen LogP contribution in [0, 0.1) is 0 Å². The van der Waals surface area contributed by atoms with E-state index in [2.05, 4.69) is 12.1 Å². The minimum absolute atomic E-state index is 0.0234. The molecule has 4 aromatic carbocycles. The number of nitrogens with zero attached hydrogens (tertiary/aromatic N) is 1. The minimum atomic E-state index is -0.890. The number of aliphatic hydroxyl groups excluding tert-OH is 1.